The molecule has 0 bridgehead atoms. The van der Waals surface area contributed by atoms with E-state index in [2.05, 4.69) is 0 Å². The molecule has 9 nitrogen and oxygen atoms in total. The number of imide groups is 2. The summed E-state index contributed by atoms with van der Waals surface area (Å²) < 4.78 is 19.7. The van der Waals surface area contributed by atoms with Gasteiger partial charge in [-0.1, -0.05) is 35.9 Å². The van der Waals surface area contributed by atoms with Gasteiger partial charge in [0.25, 0.3) is 17.5 Å². The Morgan fingerprint density at radius 2 is 1.83 bits per heavy atom. The van der Waals surface area contributed by atoms with E-state index in [1.54, 1.807) is 18.2 Å². The maximum Gasteiger partial charge on any atom is 0.335 e. The minimum Gasteiger partial charge on any atom is -0.488 e. The number of nitrogens with one attached hydrogen (secondary N) is 1. The van der Waals surface area contributed by atoms with Crippen molar-refractivity contribution in [2.24, 2.45) is 0 Å². The number of nitrogens with zero attached hydrogens (tertiary/aromatic N) is 2. The van der Waals surface area contributed by atoms with Crippen molar-refractivity contribution in [2.45, 2.75) is 6.61 Å². The van der Waals surface area contributed by atoms with E-state index in [4.69, 9.17) is 16.3 Å². The van der Waals surface area contributed by atoms with Gasteiger partial charge < -0.3 is 4.74 Å². The van der Waals surface area contributed by atoms with Gasteiger partial charge in [0, 0.05) is 28.3 Å². The third-order valence-electron chi connectivity index (χ3n) is 5.01. The highest BCUT2D eigenvalue weighted by Gasteiger charge is 2.37. The Balaban J connectivity index is 1.69. The number of anilines is 1. The number of benzene rings is 3. The molecule has 0 spiro atoms. The average molecular weight is 496 g/mol. The maximum absolute atomic E-state index is 14.0. The Kier molecular flexibility index (Phi) is 6.56. The van der Waals surface area contributed by atoms with Crippen LogP contribution in [0.2, 0.25) is 5.02 Å². The van der Waals surface area contributed by atoms with Gasteiger partial charge in [0.15, 0.2) is 0 Å². The van der Waals surface area contributed by atoms with Crippen molar-refractivity contribution in [3.63, 3.8) is 0 Å². The molecule has 1 aliphatic heterocycles. The normalized spacial score (nSPS) is 14.7. The molecular formula is C24H15ClFN3O6. The summed E-state index contributed by atoms with van der Waals surface area (Å²) in [7, 11) is 0. The number of rotatable bonds is 6. The molecule has 1 heterocycles. The van der Waals surface area contributed by atoms with Gasteiger partial charge in [0.1, 0.15) is 23.7 Å². The summed E-state index contributed by atoms with van der Waals surface area (Å²) in [5, 5.41) is 13.4. The summed E-state index contributed by atoms with van der Waals surface area (Å²) >= 11 is 6.09. The highest BCUT2D eigenvalue weighted by molar-refractivity contribution is 6.39. The molecule has 0 radical (unpaired) electrons. The SMILES string of the molecule is O=C1NC(=O)N(c2cccc([N+](=O)[O-])c2)C(=O)/C1=C/c1cc(Cl)ccc1OCc1ccccc1F. The van der Waals surface area contributed by atoms with Crippen LogP contribution in [-0.4, -0.2) is 22.8 Å². The van der Waals surface area contributed by atoms with Crippen LogP contribution in [0.25, 0.3) is 6.08 Å². The number of non-ortho nitro benzene ring substituents is 1. The number of hydrogen-bond donors (Lipinski definition) is 1. The zero-order chi connectivity index (χ0) is 25.1. The first-order valence-corrected chi connectivity index (χ1v) is 10.4. The van der Waals surface area contributed by atoms with E-state index in [-0.39, 0.29) is 39.9 Å². The molecule has 1 aliphatic rings. The predicted octanol–water partition coefficient (Wildman–Crippen LogP) is 4.63. The quantitative estimate of drug-likeness (QED) is 0.230. The molecule has 176 valence electrons. The minimum atomic E-state index is -1.06. The molecule has 0 saturated carbocycles. The van der Waals surface area contributed by atoms with Gasteiger partial charge in [-0.25, -0.2) is 14.1 Å². The van der Waals surface area contributed by atoms with Gasteiger partial charge in [-0.15, -0.1) is 0 Å². The van der Waals surface area contributed by atoms with Crippen LogP contribution in [0.15, 0.2) is 72.3 Å². The lowest BCUT2D eigenvalue weighted by atomic mass is 10.1. The molecule has 0 aromatic heterocycles. The highest BCUT2D eigenvalue weighted by Crippen LogP contribution is 2.29. The second-order valence-corrected chi connectivity index (χ2v) is 7.73. The van der Waals surface area contributed by atoms with Crippen molar-refractivity contribution in [2.75, 3.05) is 4.90 Å². The minimum absolute atomic E-state index is 0.0952. The molecule has 0 aliphatic carbocycles. The number of nitro benzene ring substituents is 1. The zero-order valence-corrected chi connectivity index (χ0v) is 18.5. The highest BCUT2D eigenvalue weighted by atomic mass is 35.5. The van der Waals surface area contributed by atoms with E-state index in [1.165, 1.54) is 48.5 Å². The van der Waals surface area contributed by atoms with Crippen LogP contribution in [0.4, 0.5) is 20.6 Å². The number of halogens is 2. The fourth-order valence-electron chi connectivity index (χ4n) is 3.33. The number of ether oxygens (including phenoxy) is 1. The van der Waals surface area contributed by atoms with Crippen molar-refractivity contribution >= 4 is 46.9 Å². The monoisotopic (exact) mass is 495 g/mol. The molecular weight excluding hydrogens is 481 g/mol. The fourth-order valence-corrected chi connectivity index (χ4v) is 3.51. The molecule has 3 aromatic carbocycles. The topological polar surface area (TPSA) is 119 Å². The number of carbonyl (C=O) groups excluding carboxylic acids is 3. The van der Waals surface area contributed by atoms with E-state index >= 15 is 0 Å². The summed E-state index contributed by atoms with van der Waals surface area (Å²) in [5.41, 5.74) is -0.365. The Labute approximate surface area is 202 Å². The predicted molar refractivity (Wildman–Crippen MR) is 124 cm³/mol. The Morgan fingerprint density at radius 1 is 1.06 bits per heavy atom. The third kappa shape index (κ3) is 5.02. The number of nitro groups is 1. The standard InChI is InChI=1S/C24H15ClFN3O6/c25-16-8-9-21(35-13-14-4-1-2-7-20(14)26)15(10-16)11-19-22(30)27-24(32)28(23(19)31)17-5-3-6-18(12-17)29(33)34/h1-12H,13H2,(H,27,30,32)/b19-11+. The van der Waals surface area contributed by atoms with Crippen LogP contribution in [0.3, 0.4) is 0 Å². The van der Waals surface area contributed by atoms with Gasteiger partial charge in [0.2, 0.25) is 0 Å². The van der Waals surface area contributed by atoms with Crippen molar-refractivity contribution < 1.29 is 28.4 Å². The van der Waals surface area contributed by atoms with E-state index in [0.717, 1.165) is 6.07 Å². The summed E-state index contributed by atoms with van der Waals surface area (Å²) in [6.45, 7) is -0.136. The Bertz CT molecular complexity index is 1410. The van der Waals surface area contributed by atoms with Crippen LogP contribution in [0.5, 0.6) is 5.75 Å². The van der Waals surface area contributed by atoms with Gasteiger partial charge in [-0.3, -0.25) is 25.0 Å². The first kappa shape index (κ1) is 23.6. The van der Waals surface area contributed by atoms with Crippen LogP contribution >= 0.6 is 11.6 Å². The number of hydrogen-bond acceptors (Lipinski definition) is 6. The molecule has 0 atom stereocenters. The summed E-state index contributed by atoms with van der Waals surface area (Å²) in [6.07, 6.45) is 1.18. The van der Waals surface area contributed by atoms with Crippen LogP contribution in [-0.2, 0) is 16.2 Å². The van der Waals surface area contributed by atoms with Gasteiger partial charge in [-0.2, -0.15) is 0 Å². The fraction of sp³-hybridized carbons (Fsp3) is 0.0417. The van der Waals surface area contributed by atoms with Crippen molar-refractivity contribution in [3.8, 4) is 5.75 Å². The zero-order valence-electron chi connectivity index (χ0n) is 17.7. The van der Waals surface area contributed by atoms with E-state index in [9.17, 15) is 28.9 Å². The van der Waals surface area contributed by atoms with Gasteiger partial charge >= 0.3 is 6.03 Å². The van der Waals surface area contributed by atoms with Crippen LogP contribution in [0, 0.1) is 15.9 Å². The molecule has 11 heteroatoms. The molecule has 1 N–H and O–H groups in total. The number of barbiturate groups is 1. The van der Waals surface area contributed by atoms with E-state index in [0.29, 0.717) is 4.90 Å². The molecule has 1 fully saturated rings. The molecule has 3 aromatic rings. The Hall–Kier alpha value is -4.57. The number of amides is 4. The second kappa shape index (κ2) is 9.74. The second-order valence-electron chi connectivity index (χ2n) is 7.30. The lowest BCUT2D eigenvalue weighted by Gasteiger charge is -2.26. The van der Waals surface area contributed by atoms with Crippen molar-refractivity contribution in [1.29, 1.82) is 0 Å². The Morgan fingerprint density at radius 3 is 2.57 bits per heavy atom. The average Bonchev–Trinajstić information content (AvgIpc) is 2.82. The first-order valence-electron chi connectivity index (χ1n) is 10.1. The number of carbonyl (C=O) groups is 3. The maximum atomic E-state index is 14.0. The molecule has 4 rings (SSSR count). The molecule has 35 heavy (non-hydrogen) atoms. The van der Waals surface area contributed by atoms with Crippen LogP contribution in [0.1, 0.15) is 11.1 Å². The van der Waals surface area contributed by atoms with Gasteiger partial charge in [0.05, 0.1) is 10.6 Å². The molecule has 4 amide bonds. The lowest BCUT2D eigenvalue weighted by Crippen LogP contribution is -2.54. The largest absolute Gasteiger partial charge is 0.488 e. The van der Waals surface area contributed by atoms with E-state index < -0.39 is 34.2 Å². The molecule has 0 unspecified atom stereocenters. The lowest BCUT2D eigenvalue weighted by molar-refractivity contribution is -0.384. The first-order chi connectivity index (χ1) is 16.7. The third-order valence-corrected chi connectivity index (χ3v) is 5.25. The molecule has 1 saturated heterocycles. The summed E-state index contributed by atoms with van der Waals surface area (Å²) in [5.74, 6) is -2.24. The summed E-state index contributed by atoms with van der Waals surface area (Å²) in [4.78, 5) is 49.1. The van der Waals surface area contributed by atoms with Crippen molar-refractivity contribution in [3.05, 3.63) is 104 Å². The van der Waals surface area contributed by atoms with E-state index in [1.807, 2.05) is 5.32 Å². The van der Waals surface area contributed by atoms with Crippen LogP contribution < -0.4 is 15.0 Å². The summed E-state index contributed by atoms with van der Waals surface area (Å²) in [6, 6.07) is 14.3. The smallest absolute Gasteiger partial charge is 0.335 e. The van der Waals surface area contributed by atoms with Gasteiger partial charge in [-0.05, 0) is 36.4 Å². The van der Waals surface area contributed by atoms with Crippen molar-refractivity contribution in [1.82, 2.24) is 5.32 Å². The number of urea groups is 1.